The van der Waals surface area contributed by atoms with Gasteiger partial charge in [0.1, 0.15) is 4.99 Å². The molecule has 98 valence electrons. The van der Waals surface area contributed by atoms with Crippen molar-refractivity contribution in [3.05, 3.63) is 29.8 Å². The number of thiocarbonyl (C=S) groups is 1. The predicted octanol–water partition coefficient (Wildman–Crippen LogP) is 3.48. The molecular formula is C15H22N2S. The highest BCUT2D eigenvalue weighted by Crippen LogP contribution is 2.26. The number of rotatable bonds is 3. The molecule has 2 N–H and O–H groups in total. The minimum atomic E-state index is 0.476. The first-order valence-corrected chi connectivity index (χ1v) is 7.29. The molecule has 0 aromatic heterocycles. The van der Waals surface area contributed by atoms with Crippen molar-refractivity contribution in [2.45, 2.75) is 45.1 Å². The molecule has 1 atom stereocenters. The summed E-state index contributed by atoms with van der Waals surface area (Å²) in [7, 11) is 0. The van der Waals surface area contributed by atoms with Crippen molar-refractivity contribution in [3.63, 3.8) is 0 Å². The zero-order valence-corrected chi connectivity index (χ0v) is 11.9. The first kappa shape index (κ1) is 13.3. The lowest BCUT2D eigenvalue weighted by atomic mass is 10.1. The second-order valence-electron chi connectivity index (χ2n) is 5.02. The molecule has 1 aliphatic rings. The quantitative estimate of drug-likeness (QED) is 0.846. The number of benzene rings is 1. The van der Waals surface area contributed by atoms with Gasteiger partial charge in [0, 0.05) is 23.8 Å². The number of hydrogen-bond acceptors (Lipinski definition) is 2. The summed E-state index contributed by atoms with van der Waals surface area (Å²) in [4.78, 5) is 3.03. The molecule has 1 aromatic carbocycles. The summed E-state index contributed by atoms with van der Waals surface area (Å²) in [5.41, 5.74) is 7.90. The Morgan fingerprint density at radius 1 is 1.28 bits per heavy atom. The van der Waals surface area contributed by atoms with Crippen molar-refractivity contribution in [2.24, 2.45) is 5.73 Å². The van der Waals surface area contributed by atoms with E-state index in [0.717, 1.165) is 5.56 Å². The third kappa shape index (κ3) is 3.02. The highest BCUT2D eigenvalue weighted by molar-refractivity contribution is 7.80. The molecule has 2 nitrogen and oxygen atoms in total. The second-order valence-corrected chi connectivity index (χ2v) is 5.46. The smallest absolute Gasteiger partial charge is 0.103 e. The zero-order chi connectivity index (χ0) is 13.0. The fourth-order valence-electron chi connectivity index (χ4n) is 2.76. The summed E-state index contributed by atoms with van der Waals surface area (Å²) in [5.74, 6) is 0. The molecule has 0 spiro atoms. The Morgan fingerprint density at radius 3 is 2.61 bits per heavy atom. The number of nitrogens with two attached hydrogens (primary N) is 1. The third-order valence-electron chi connectivity index (χ3n) is 3.83. The van der Waals surface area contributed by atoms with Crippen LogP contribution in [0.3, 0.4) is 0 Å². The Labute approximate surface area is 115 Å². The van der Waals surface area contributed by atoms with Gasteiger partial charge >= 0.3 is 0 Å². The Hall–Kier alpha value is -1.09. The maximum atomic E-state index is 5.64. The Kier molecular flexibility index (Phi) is 4.59. The molecule has 0 bridgehead atoms. The second kappa shape index (κ2) is 6.19. The maximum absolute atomic E-state index is 5.64. The van der Waals surface area contributed by atoms with Crippen molar-refractivity contribution >= 4 is 22.9 Å². The van der Waals surface area contributed by atoms with Crippen LogP contribution >= 0.6 is 12.2 Å². The van der Waals surface area contributed by atoms with E-state index in [-0.39, 0.29) is 0 Å². The maximum Gasteiger partial charge on any atom is 0.103 e. The first-order valence-electron chi connectivity index (χ1n) is 6.89. The lowest BCUT2D eigenvalue weighted by molar-refractivity contribution is 0.556. The largest absolute Gasteiger partial charge is 0.389 e. The minimum absolute atomic E-state index is 0.476. The summed E-state index contributed by atoms with van der Waals surface area (Å²) >= 11 is 4.99. The molecule has 3 heteroatoms. The van der Waals surface area contributed by atoms with Gasteiger partial charge in [-0.3, -0.25) is 0 Å². The molecule has 0 radical (unpaired) electrons. The van der Waals surface area contributed by atoms with Crippen LogP contribution in [0.2, 0.25) is 0 Å². The van der Waals surface area contributed by atoms with E-state index in [9.17, 15) is 0 Å². The lowest BCUT2D eigenvalue weighted by Gasteiger charge is -2.31. The van der Waals surface area contributed by atoms with Gasteiger partial charge in [-0.2, -0.15) is 0 Å². The summed E-state index contributed by atoms with van der Waals surface area (Å²) in [5, 5.41) is 0. The number of anilines is 1. The number of hydrogen-bond donors (Lipinski definition) is 1. The normalized spacial score (nSPS) is 20.5. The van der Waals surface area contributed by atoms with E-state index in [4.69, 9.17) is 18.0 Å². The Morgan fingerprint density at radius 2 is 2.00 bits per heavy atom. The van der Waals surface area contributed by atoms with E-state index in [2.05, 4.69) is 24.0 Å². The topological polar surface area (TPSA) is 29.3 Å². The standard InChI is InChI=1S/C15H22N2S/c1-2-13-6-4-3-5-11-17(13)14-9-7-12(8-10-14)15(16)18/h7-10,13H,2-6,11H2,1H3,(H2,16,18). The van der Waals surface area contributed by atoms with Crippen LogP contribution < -0.4 is 10.6 Å². The van der Waals surface area contributed by atoms with E-state index in [0.29, 0.717) is 11.0 Å². The fraction of sp³-hybridized carbons (Fsp3) is 0.533. The predicted molar refractivity (Wildman–Crippen MR) is 82.2 cm³/mol. The first-order chi connectivity index (χ1) is 8.72. The van der Waals surface area contributed by atoms with E-state index in [1.54, 1.807) is 0 Å². The molecule has 1 aliphatic heterocycles. The van der Waals surface area contributed by atoms with Gasteiger partial charge in [0.15, 0.2) is 0 Å². The van der Waals surface area contributed by atoms with Crippen molar-refractivity contribution in [1.29, 1.82) is 0 Å². The van der Waals surface area contributed by atoms with E-state index in [1.165, 1.54) is 44.3 Å². The van der Waals surface area contributed by atoms with Gasteiger partial charge in [-0.25, -0.2) is 0 Å². The van der Waals surface area contributed by atoms with Crippen molar-refractivity contribution in [2.75, 3.05) is 11.4 Å². The average Bonchev–Trinajstić information content (AvgIpc) is 2.63. The molecule has 18 heavy (non-hydrogen) atoms. The highest BCUT2D eigenvalue weighted by Gasteiger charge is 2.19. The van der Waals surface area contributed by atoms with Crippen molar-refractivity contribution < 1.29 is 0 Å². The van der Waals surface area contributed by atoms with E-state index in [1.807, 2.05) is 12.1 Å². The third-order valence-corrected chi connectivity index (χ3v) is 4.07. The summed E-state index contributed by atoms with van der Waals surface area (Å²) in [6, 6.07) is 9.07. The minimum Gasteiger partial charge on any atom is -0.389 e. The van der Waals surface area contributed by atoms with Gasteiger partial charge in [-0.15, -0.1) is 0 Å². The van der Waals surface area contributed by atoms with Crippen molar-refractivity contribution in [1.82, 2.24) is 0 Å². The fourth-order valence-corrected chi connectivity index (χ4v) is 2.89. The van der Waals surface area contributed by atoms with Gasteiger partial charge in [0.2, 0.25) is 0 Å². The molecule has 1 heterocycles. The molecule has 1 saturated heterocycles. The van der Waals surface area contributed by atoms with Crippen molar-refractivity contribution in [3.8, 4) is 0 Å². The average molecular weight is 262 g/mol. The van der Waals surface area contributed by atoms with E-state index < -0.39 is 0 Å². The van der Waals surface area contributed by atoms with Crippen LogP contribution in [0.25, 0.3) is 0 Å². The molecule has 2 rings (SSSR count). The summed E-state index contributed by atoms with van der Waals surface area (Å²) in [6.45, 7) is 3.46. The van der Waals surface area contributed by atoms with Gasteiger partial charge in [-0.05, 0) is 43.5 Å². The van der Waals surface area contributed by atoms with Gasteiger partial charge in [-0.1, -0.05) is 32.0 Å². The number of nitrogens with zero attached hydrogens (tertiary/aromatic N) is 1. The molecule has 1 unspecified atom stereocenters. The van der Waals surface area contributed by atoms with Crippen LogP contribution in [0.1, 0.15) is 44.6 Å². The Balaban J connectivity index is 2.19. The summed E-state index contributed by atoms with van der Waals surface area (Å²) < 4.78 is 0. The van der Waals surface area contributed by atoms with E-state index >= 15 is 0 Å². The monoisotopic (exact) mass is 262 g/mol. The lowest BCUT2D eigenvalue weighted by Crippen LogP contribution is -2.34. The van der Waals surface area contributed by atoms with Crippen LogP contribution in [-0.4, -0.2) is 17.6 Å². The van der Waals surface area contributed by atoms with Gasteiger partial charge in [0.25, 0.3) is 0 Å². The molecule has 0 saturated carbocycles. The Bertz CT molecular complexity index is 399. The van der Waals surface area contributed by atoms with Gasteiger partial charge < -0.3 is 10.6 Å². The molecular weight excluding hydrogens is 240 g/mol. The van der Waals surface area contributed by atoms with Gasteiger partial charge in [0.05, 0.1) is 0 Å². The molecule has 1 fully saturated rings. The van der Waals surface area contributed by atoms with Crippen LogP contribution in [0, 0.1) is 0 Å². The van der Waals surface area contributed by atoms with Crippen LogP contribution in [0.4, 0.5) is 5.69 Å². The highest BCUT2D eigenvalue weighted by atomic mass is 32.1. The van der Waals surface area contributed by atoms with Crippen LogP contribution in [0.15, 0.2) is 24.3 Å². The molecule has 1 aromatic rings. The summed E-state index contributed by atoms with van der Waals surface area (Å²) in [6.07, 6.45) is 6.55. The molecule has 0 amide bonds. The van der Waals surface area contributed by atoms with Crippen LogP contribution in [-0.2, 0) is 0 Å². The van der Waals surface area contributed by atoms with Crippen LogP contribution in [0.5, 0.6) is 0 Å². The zero-order valence-electron chi connectivity index (χ0n) is 11.1. The SMILES string of the molecule is CCC1CCCCCN1c1ccc(C(N)=S)cc1. The molecule has 0 aliphatic carbocycles.